The molecule has 1 aromatic carbocycles. The van der Waals surface area contributed by atoms with Gasteiger partial charge in [0.15, 0.2) is 5.65 Å². The predicted molar refractivity (Wildman–Crippen MR) is 151 cm³/mol. The highest BCUT2D eigenvalue weighted by Gasteiger charge is 2.36. The summed E-state index contributed by atoms with van der Waals surface area (Å²) in [6.07, 6.45) is 2.73. The Morgan fingerprint density at radius 3 is 2.58 bits per heavy atom. The number of nitrogens with one attached hydrogen (secondary N) is 1. The Hall–Kier alpha value is -3.50. The second kappa shape index (κ2) is 12.3. The zero-order valence-electron chi connectivity index (χ0n) is 23.6. The first-order chi connectivity index (χ1) is 19.3. The number of aryl methyl sites for hydroxylation is 3. The SMILES string of the molecule is CCc1nc2c(C)cc(C)nc2n1Cc1ccc(N[C@H]2CC[C@@H](CN3CCOCC3)C(OC(=O)C(=O)O)C2)cc1. The van der Waals surface area contributed by atoms with Crippen LogP contribution in [0.5, 0.6) is 0 Å². The number of carboxylic acids is 1. The van der Waals surface area contributed by atoms with Crippen LogP contribution >= 0.6 is 0 Å². The number of esters is 1. The first kappa shape index (κ1) is 28.0. The van der Waals surface area contributed by atoms with Gasteiger partial charge in [0.25, 0.3) is 0 Å². The van der Waals surface area contributed by atoms with Crippen LogP contribution in [-0.4, -0.2) is 81.5 Å². The maximum atomic E-state index is 12.0. The van der Waals surface area contributed by atoms with Crippen molar-refractivity contribution in [1.82, 2.24) is 19.4 Å². The number of aromatic nitrogens is 3. The molecule has 2 N–H and O–H groups in total. The van der Waals surface area contributed by atoms with Gasteiger partial charge in [0.1, 0.15) is 17.4 Å². The Kier molecular flexibility index (Phi) is 8.66. The average molecular weight is 550 g/mol. The Bertz CT molecular complexity index is 1350. The molecule has 0 spiro atoms. The molecule has 2 aliphatic rings. The maximum Gasteiger partial charge on any atom is 0.417 e. The van der Waals surface area contributed by atoms with E-state index in [4.69, 9.17) is 24.5 Å². The largest absolute Gasteiger partial charge is 0.473 e. The van der Waals surface area contributed by atoms with Crippen molar-refractivity contribution in [2.45, 2.75) is 65.1 Å². The number of imidazole rings is 1. The van der Waals surface area contributed by atoms with Crippen molar-refractivity contribution in [2.75, 3.05) is 38.2 Å². The van der Waals surface area contributed by atoms with Gasteiger partial charge in [0.2, 0.25) is 0 Å². The number of rotatable bonds is 8. The molecule has 1 saturated carbocycles. The van der Waals surface area contributed by atoms with Crippen molar-refractivity contribution < 1.29 is 24.2 Å². The van der Waals surface area contributed by atoms with Crippen molar-refractivity contribution in [1.29, 1.82) is 0 Å². The normalized spacial score (nSPS) is 21.8. The quantitative estimate of drug-likeness (QED) is 0.321. The maximum absolute atomic E-state index is 12.0. The summed E-state index contributed by atoms with van der Waals surface area (Å²) in [5.74, 6) is -1.61. The number of benzene rings is 1. The number of anilines is 1. The van der Waals surface area contributed by atoms with E-state index < -0.39 is 18.0 Å². The highest BCUT2D eigenvalue weighted by molar-refractivity contribution is 6.28. The standard InChI is InChI=1S/C30H39N5O5/c1-4-26-33-27-19(2)15-20(3)31-28(27)35(26)17-21-5-8-23(9-6-21)32-24-10-7-22(18-34-11-13-39-14-12-34)25(16-24)40-30(38)29(36)37/h5-6,8-9,15,22,24-25,32H,4,7,10-14,16-18H2,1-3H3,(H,36,37)/t22-,24-,25?/m0/s1. The van der Waals surface area contributed by atoms with Gasteiger partial charge >= 0.3 is 11.9 Å². The fourth-order valence-corrected chi connectivity index (χ4v) is 5.99. The summed E-state index contributed by atoms with van der Waals surface area (Å²) in [7, 11) is 0. The van der Waals surface area contributed by atoms with Gasteiger partial charge in [-0.25, -0.2) is 19.6 Å². The molecule has 10 nitrogen and oxygen atoms in total. The van der Waals surface area contributed by atoms with Crippen LogP contribution in [0.3, 0.4) is 0 Å². The molecule has 5 rings (SSSR count). The summed E-state index contributed by atoms with van der Waals surface area (Å²) >= 11 is 0. The Labute approximate surface area is 234 Å². The molecule has 2 aromatic heterocycles. The van der Waals surface area contributed by atoms with Gasteiger partial charge < -0.3 is 24.5 Å². The zero-order valence-corrected chi connectivity index (χ0v) is 23.6. The lowest BCUT2D eigenvalue weighted by Gasteiger charge is -2.39. The summed E-state index contributed by atoms with van der Waals surface area (Å²) in [6, 6.07) is 10.5. The molecule has 1 aliphatic carbocycles. The van der Waals surface area contributed by atoms with E-state index in [1.165, 1.54) is 0 Å². The molecule has 0 bridgehead atoms. The molecule has 1 saturated heterocycles. The van der Waals surface area contributed by atoms with E-state index in [0.29, 0.717) is 26.2 Å². The molecule has 1 aliphatic heterocycles. The lowest BCUT2D eigenvalue weighted by atomic mass is 9.82. The van der Waals surface area contributed by atoms with Crippen LogP contribution in [0.1, 0.15) is 48.8 Å². The lowest BCUT2D eigenvalue weighted by Crippen LogP contribution is -2.47. The number of hydrogen-bond donors (Lipinski definition) is 2. The smallest absolute Gasteiger partial charge is 0.417 e. The van der Waals surface area contributed by atoms with E-state index >= 15 is 0 Å². The van der Waals surface area contributed by atoms with Crippen molar-refractivity contribution in [3.8, 4) is 0 Å². The van der Waals surface area contributed by atoms with Crippen molar-refractivity contribution in [3.05, 3.63) is 53.0 Å². The highest BCUT2D eigenvalue weighted by atomic mass is 16.6. The van der Waals surface area contributed by atoms with E-state index in [-0.39, 0.29) is 12.0 Å². The monoisotopic (exact) mass is 549 g/mol. The zero-order chi connectivity index (χ0) is 28.2. The van der Waals surface area contributed by atoms with Crippen LogP contribution in [0.15, 0.2) is 30.3 Å². The number of carboxylic acid groups (broad SMARTS) is 1. The van der Waals surface area contributed by atoms with Crippen LogP contribution in [0.25, 0.3) is 11.2 Å². The Morgan fingerprint density at radius 2 is 1.88 bits per heavy atom. The lowest BCUT2D eigenvalue weighted by molar-refractivity contribution is -0.170. The third-order valence-corrected chi connectivity index (χ3v) is 8.04. The molecule has 2 fully saturated rings. The number of morpholine rings is 1. The minimum atomic E-state index is -1.55. The average Bonchev–Trinajstić information content (AvgIpc) is 3.29. The number of ether oxygens (including phenoxy) is 2. The molecule has 3 atom stereocenters. The first-order valence-corrected chi connectivity index (χ1v) is 14.2. The molecular weight excluding hydrogens is 510 g/mol. The van der Waals surface area contributed by atoms with Crippen LogP contribution in [0, 0.1) is 19.8 Å². The number of carbonyl (C=O) groups is 2. The van der Waals surface area contributed by atoms with Gasteiger partial charge in [-0.3, -0.25) is 4.90 Å². The number of fused-ring (bicyclic) bond motifs is 1. The third kappa shape index (κ3) is 6.45. The van der Waals surface area contributed by atoms with E-state index in [9.17, 15) is 9.59 Å². The third-order valence-electron chi connectivity index (χ3n) is 8.04. The second-order valence-corrected chi connectivity index (χ2v) is 11.0. The van der Waals surface area contributed by atoms with Gasteiger partial charge in [-0.05, 0) is 56.0 Å². The van der Waals surface area contributed by atoms with Gasteiger partial charge in [-0.2, -0.15) is 0 Å². The minimum Gasteiger partial charge on any atom is -0.473 e. The van der Waals surface area contributed by atoms with Crippen LogP contribution in [0.2, 0.25) is 0 Å². The number of pyridine rings is 1. The van der Waals surface area contributed by atoms with E-state index in [2.05, 4.69) is 59.0 Å². The number of aliphatic carboxylic acids is 1. The molecule has 0 amide bonds. The van der Waals surface area contributed by atoms with Crippen LogP contribution in [-0.2, 0) is 32.0 Å². The predicted octanol–water partition coefficient (Wildman–Crippen LogP) is 3.57. The summed E-state index contributed by atoms with van der Waals surface area (Å²) in [5.41, 5.74) is 6.15. The first-order valence-electron chi connectivity index (χ1n) is 14.2. The number of carbonyl (C=O) groups excluding carboxylic acids is 1. The molecule has 40 heavy (non-hydrogen) atoms. The summed E-state index contributed by atoms with van der Waals surface area (Å²) in [5, 5.41) is 12.7. The van der Waals surface area contributed by atoms with Crippen molar-refractivity contribution >= 4 is 28.8 Å². The second-order valence-electron chi connectivity index (χ2n) is 11.0. The molecular formula is C30H39N5O5. The van der Waals surface area contributed by atoms with Gasteiger partial charge in [0.05, 0.1) is 19.8 Å². The van der Waals surface area contributed by atoms with Crippen LogP contribution in [0.4, 0.5) is 5.69 Å². The van der Waals surface area contributed by atoms with Gasteiger partial charge in [0, 0.05) is 55.8 Å². The van der Waals surface area contributed by atoms with E-state index in [1.807, 2.05) is 6.92 Å². The Balaban J connectivity index is 1.25. The topological polar surface area (TPSA) is 119 Å². The van der Waals surface area contributed by atoms with Crippen molar-refractivity contribution in [2.24, 2.45) is 5.92 Å². The van der Waals surface area contributed by atoms with Crippen LogP contribution < -0.4 is 5.32 Å². The minimum absolute atomic E-state index is 0.0813. The molecule has 214 valence electrons. The fraction of sp³-hybridized carbons (Fsp3) is 0.533. The summed E-state index contributed by atoms with van der Waals surface area (Å²) in [6.45, 7) is 10.7. The van der Waals surface area contributed by atoms with Gasteiger partial charge in [-0.1, -0.05) is 19.1 Å². The molecule has 10 heteroatoms. The number of nitrogens with zero attached hydrogens (tertiary/aromatic N) is 4. The highest BCUT2D eigenvalue weighted by Crippen LogP contribution is 2.31. The molecule has 1 unspecified atom stereocenters. The fourth-order valence-electron chi connectivity index (χ4n) is 5.99. The van der Waals surface area contributed by atoms with E-state index in [0.717, 1.165) is 78.4 Å². The van der Waals surface area contributed by atoms with Crippen molar-refractivity contribution in [3.63, 3.8) is 0 Å². The summed E-state index contributed by atoms with van der Waals surface area (Å²) in [4.78, 5) is 35.1. The molecule has 0 radical (unpaired) electrons. The number of hydrogen-bond acceptors (Lipinski definition) is 8. The molecule has 3 aromatic rings. The molecule has 3 heterocycles. The Morgan fingerprint density at radius 1 is 1.12 bits per heavy atom. The summed E-state index contributed by atoms with van der Waals surface area (Å²) < 4.78 is 13.1. The van der Waals surface area contributed by atoms with E-state index in [1.54, 1.807) is 0 Å². The van der Waals surface area contributed by atoms with Gasteiger partial charge in [-0.15, -0.1) is 0 Å².